The number of nitrogens with zero attached hydrogens (tertiary/aromatic N) is 1. The Morgan fingerprint density at radius 3 is 2.55 bits per heavy atom. The molecule has 0 bridgehead atoms. The van der Waals surface area contributed by atoms with Crippen molar-refractivity contribution >= 4 is 51.1 Å². The maximum absolute atomic E-state index is 11.9. The Kier molecular flexibility index (Phi) is 6.43. The highest BCUT2D eigenvalue weighted by Crippen LogP contribution is 2.22. The van der Waals surface area contributed by atoms with Crippen LogP contribution in [-0.2, 0) is 11.4 Å². The zero-order valence-electron chi connectivity index (χ0n) is 11.4. The number of halogens is 3. The predicted molar refractivity (Wildman–Crippen MR) is 92.8 cm³/mol. The summed E-state index contributed by atoms with van der Waals surface area (Å²) in [7, 11) is 0. The summed E-state index contributed by atoms with van der Waals surface area (Å²) < 4.78 is 0.933. The fraction of sp³-hybridized carbons (Fsp3) is 0.125. The SMILES string of the molecule is O=C(C/C=N/OCc1ccc(Cl)c(Cl)c1)c1ccc(Br)cc1. The van der Waals surface area contributed by atoms with Crippen molar-refractivity contribution in [3.05, 3.63) is 68.1 Å². The van der Waals surface area contributed by atoms with Crippen molar-refractivity contribution in [1.82, 2.24) is 0 Å². The van der Waals surface area contributed by atoms with Crippen LogP contribution in [0.5, 0.6) is 0 Å². The molecule has 0 atom stereocenters. The molecular formula is C16H12BrCl2NO2. The van der Waals surface area contributed by atoms with Crippen molar-refractivity contribution in [2.75, 3.05) is 0 Å². The lowest BCUT2D eigenvalue weighted by atomic mass is 10.1. The number of hydrogen-bond acceptors (Lipinski definition) is 3. The van der Waals surface area contributed by atoms with Crippen molar-refractivity contribution in [2.24, 2.45) is 5.16 Å². The molecule has 0 radical (unpaired) electrons. The second-order valence-electron chi connectivity index (χ2n) is 4.44. The number of carbonyl (C=O) groups excluding carboxylic acids is 1. The Labute approximate surface area is 147 Å². The molecule has 2 aromatic carbocycles. The zero-order valence-corrected chi connectivity index (χ0v) is 14.5. The quantitative estimate of drug-likeness (QED) is 0.363. The number of rotatable bonds is 6. The van der Waals surface area contributed by atoms with Crippen LogP contribution in [0.25, 0.3) is 0 Å². The van der Waals surface area contributed by atoms with Gasteiger partial charge in [-0.2, -0.15) is 0 Å². The van der Waals surface area contributed by atoms with Gasteiger partial charge < -0.3 is 4.84 Å². The molecule has 6 heteroatoms. The molecule has 0 saturated carbocycles. The molecule has 3 nitrogen and oxygen atoms in total. The van der Waals surface area contributed by atoms with Crippen LogP contribution in [0, 0.1) is 0 Å². The summed E-state index contributed by atoms with van der Waals surface area (Å²) in [4.78, 5) is 17.0. The van der Waals surface area contributed by atoms with E-state index in [0.29, 0.717) is 15.6 Å². The summed E-state index contributed by atoms with van der Waals surface area (Å²) in [6, 6.07) is 12.4. The lowest BCUT2D eigenvalue weighted by Crippen LogP contribution is -1.99. The van der Waals surface area contributed by atoms with E-state index in [0.717, 1.165) is 10.0 Å². The van der Waals surface area contributed by atoms with Gasteiger partial charge in [-0.1, -0.05) is 62.5 Å². The Morgan fingerprint density at radius 1 is 1.14 bits per heavy atom. The molecule has 0 N–H and O–H groups in total. The first-order chi connectivity index (χ1) is 10.6. The van der Waals surface area contributed by atoms with Crippen LogP contribution in [0.15, 0.2) is 52.1 Å². The highest BCUT2D eigenvalue weighted by Gasteiger charge is 2.03. The van der Waals surface area contributed by atoms with Crippen LogP contribution in [0.2, 0.25) is 10.0 Å². The number of oxime groups is 1. The molecule has 0 fully saturated rings. The summed E-state index contributed by atoms with van der Waals surface area (Å²) >= 11 is 15.0. The Morgan fingerprint density at radius 2 is 1.86 bits per heavy atom. The Bertz CT molecular complexity index is 687. The van der Waals surface area contributed by atoms with Crippen molar-refractivity contribution in [3.63, 3.8) is 0 Å². The van der Waals surface area contributed by atoms with Gasteiger partial charge in [-0.3, -0.25) is 4.79 Å². The molecule has 114 valence electrons. The molecule has 0 heterocycles. The summed E-state index contributed by atoms with van der Waals surface area (Å²) in [5.74, 6) is -0.0191. The molecule has 0 spiro atoms. The molecule has 0 saturated heterocycles. The average molecular weight is 401 g/mol. The average Bonchev–Trinajstić information content (AvgIpc) is 2.51. The fourth-order valence-corrected chi connectivity index (χ4v) is 2.25. The highest BCUT2D eigenvalue weighted by molar-refractivity contribution is 9.10. The molecular weight excluding hydrogens is 389 g/mol. The van der Waals surface area contributed by atoms with E-state index in [1.165, 1.54) is 6.21 Å². The molecule has 2 aromatic rings. The maximum atomic E-state index is 11.9. The van der Waals surface area contributed by atoms with Crippen LogP contribution < -0.4 is 0 Å². The predicted octanol–water partition coefficient (Wildman–Crippen LogP) is 5.53. The summed E-state index contributed by atoms with van der Waals surface area (Å²) in [6.07, 6.45) is 1.63. The van der Waals surface area contributed by atoms with Gasteiger partial charge in [0.15, 0.2) is 5.78 Å². The van der Waals surface area contributed by atoms with Gasteiger partial charge in [0.1, 0.15) is 6.61 Å². The second-order valence-corrected chi connectivity index (χ2v) is 6.17. The Hall–Kier alpha value is -1.36. The summed E-state index contributed by atoms with van der Waals surface area (Å²) in [5, 5.41) is 4.73. The third-order valence-corrected chi connectivity index (χ3v) is 4.07. The molecule has 0 aromatic heterocycles. The van der Waals surface area contributed by atoms with Gasteiger partial charge in [-0.15, -0.1) is 0 Å². The van der Waals surface area contributed by atoms with E-state index in [1.54, 1.807) is 30.3 Å². The lowest BCUT2D eigenvalue weighted by Gasteiger charge is -2.02. The van der Waals surface area contributed by atoms with Crippen LogP contribution >= 0.6 is 39.1 Å². The number of Topliss-reactive ketones (excluding diaryl/α,β-unsaturated/α-hetero) is 1. The van der Waals surface area contributed by atoms with Gasteiger partial charge in [0.2, 0.25) is 0 Å². The van der Waals surface area contributed by atoms with Gasteiger partial charge in [-0.05, 0) is 29.8 Å². The number of benzene rings is 2. The fourth-order valence-electron chi connectivity index (χ4n) is 1.67. The van der Waals surface area contributed by atoms with Crippen molar-refractivity contribution in [2.45, 2.75) is 13.0 Å². The standard InChI is InChI=1S/C16H12BrCl2NO2/c17-13-4-2-12(3-5-13)16(21)7-8-20-22-10-11-1-6-14(18)15(19)9-11/h1-6,8-9H,7,10H2/b20-8+. The van der Waals surface area contributed by atoms with Crippen LogP contribution in [0.4, 0.5) is 0 Å². The van der Waals surface area contributed by atoms with Crippen molar-refractivity contribution in [3.8, 4) is 0 Å². The highest BCUT2D eigenvalue weighted by atomic mass is 79.9. The van der Waals surface area contributed by atoms with Gasteiger partial charge in [0.25, 0.3) is 0 Å². The van der Waals surface area contributed by atoms with E-state index >= 15 is 0 Å². The maximum Gasteiger partial charge on any atom is 0.168 e. The first-order valence-electron chi connectivity index (χ1n) is 6.43. The van der Waals surface area contributed by atoms with Crippen molar-refractivity contribution in [1.29, 1.82) is 0 Å². The van der Waals surface area contributed by atoms with E-state index in [4.69, 9.17) is 28.0 Å². The van der Waals surface area contributed by atoms with E-state index in [1.807, 2.05) is 12.1 Å². The first-order valence-corrected chi connectivity index (χ1v) is 7.97. The molecule has 2 rings (SSSR count). The van der Waals surface area contributed by atoms with E-state index < -0.39 is 0 Å². The molecule has 0 aliphatic rings. The van der Waals surface area contributed by atoms with Crippen molar-refractivity contribution < 1.29 is 9.63 Å². The van der Waals surface area contributed by atoms with Crippen LogP contribution in [0.3, 0.4) is 0 Å². The van der Waals surface area contributed by atoms with Gasteiger partial charge in [-0.25, -0.2) is 0 Å². The minimum atomic E-state index is -0.0191. The minimum absolute atomic E-state index is 0.0191. The summed E-state index contributed by atoms with van der Waals surface area (Å²) in [6.45, 7) is 0.264. The molecule has 0 aliphatic carbocycles. The largest absolute Gasteiger partial charge is 0.391 e. The molecule has 22 heavy (non-hydrogen) atoms. The van der Waals surface area contributed by atoms with Crippen LogP contribution in [0.1, 0.15) is 22.3 Å². The number of hydrogen-bond donors (Lipinski definition) is 0. The normalized spacial score (nSPS) is 10.9. The number of carbonyl (C=O) groups is 1. The topological polar surface area (TPSA) is 38.7 Å². The molecule has 0 unspecified atom stereocenters. The van der Waals surface area contributed by atoms with Gasteiger partial charge in [0.05, 0.1) is 16.3 Å². The van der Waals surface area contributed by atoms with E-state index in [9.17, 15) is 4.79 Å². The molecule has 0 aliphatic heterocycles. The molecule has 0 amide bonds. The zero-order chi connectivity index (χ0) is 15.9. The lowest BCUT2D eigenvalue weighted by molar-refractivity contribution is 0.0996. The number of ketones is 1. The minimum Gasteiger partial charge on any atom is -0.391 e. The smallest absolute Gasteiger partial charge is 0.168 e. The summed E-state index contributed by atoms with van der Waals surface area (Å²) in [5.41, 5.74) is 1.49. The monoisotopic (exact) mass is 399 g/mol. The van der Waals surface area contributed by atoms with Crippen LogP contribution in [-0.4, -0.2) is 12.0 Å². The first kappa shape index (κ1) is 17.0. The van der Waals surface area contributed by atoms with E-state index in [-0.39, 0.29) is 18.8 Å². The van der Waals surface area contributed by atoms with Gasteiger partial charge in [0, 0.05) is 16.5 Å². The third kappa shape index (κ3) is 5.13. The van der Waals surface area contributed by atoms with E-state index in [2.05, 4.69) is 21.1 Å². The third-order valence-electron chi connectivity index (χ3n) is 2.81. The second kappa shape index (κ2) is 8.32. The van der Waals surface area contributed by atoms with Gasteiger partial charge >= 0.3 is 0 Å². The Balaban J connectivity index is 1.79.